The van der Waals surface area contributed by atoms with Gasteiger partial charge in [0.05, 0.1) is 0 Å². The van der Waals surface area contributed by atoms with E-state index in [0.29, 0.717) is 10.8 Å². The van der Waals surface area contributed by atoms with Gasteiger partial charge in [0.15, 0.2) is 5.78 Å². The zero-order chi connectivity index (χ0) is 14.5. The number of rotatable bonds is 3. The molecule has 0 saturated carbocycles. The summed E-state index contributed by atoms with van der Waals surface area (Å²) in [5, 5.41) is 3.43. The highest BCUT2D eigenvalue weighted by Gasteiger charge is 2.22. The molecule has 0 bridgehead atoms. The molecule has 0 aromatic heterocycles. The second-order valence-corrected chi connectivity index (χ2v) is 6.32. The predicted octanol–water partition coefficient (Wildman–Crippen LogP) is 3.25. The van der Waals surface area contributed by atoms with E-state index < -0.39 is 0 Å². The number of amides is 2. The zero-order valence-electron chi connectivity index (χ0n) is 11.9. The molecule has 1 N–H and O–H groups in total. The molecule has 1 atom stereocenters. The summed E-state index contributed by atoms with van der Waals surface area (Å²) in [6, 6.07) is 6.95. The maximum atomic E-state index is 12.2. The van der Waals surface area contributed by atoms with Gasteiger partial charge in [-0.25, -0.2) is 4.79 Å². The maximum absolute atomic E-state index is 12.2. The Balaban J connectivity index is 1.95. The summed E-state index contributed by atoms with van der Waals surface area (Å²) in [6.45, 7) is 5.28. The van der Waals surface area contributed by atoms with Gasteiger partial charge in [-0.15, -0.1) is 0 Å². The molecule has 1 aliphatic rings. The summed E-state index contributed by atoms with van der Waals surface area (Å²) in [6.07, 6.45) is 1.09. The molecule has 0 spiro atoms. The van der Waals surface area contributed by atoms with Gasteiger partial charge in [-0.05, 0) is 37.6 Å². The van der Waals surface area contributed by atoms with Crippen LogP contribution >= 0.6 is 11.8 Å². The molecule has 1 aromatic rings. The van der Waals surface area contributed by atoms with E-state index in [1.807, 2.05) is 16.7 Å². The van der Waals surface area contributed by atoms with Gasteiger partial charge in [-0.2, -0.15) is 11.8 Å². The smallest absolute Gasteiger partial charge is 0.321 e. The van der Waals surface area contributed by atoms with Crippen LogP contribution in [0.15, 0.2) is 24.3 Å². The van der Waals surface area contributed by atoms with E-state index in [1.165, 1.54) is 6.92 Å². The third-order valence-corrected chi connectivity index (χ3v) is 4.80. The van der Waals surface area contributed by atoms with Crippen LogP contribution < -0.4 is 5.32 Å². The number of carbonyl (C=O) groups excluding carboxylic acids is 2. The molecule has 1 fully saturated rings. The largest absolute Gasteiger partial charge is 0.323 e. The number of ketones is 1. The van der Waals surface area contributed by atoms with Gasteiger partial charge in [0.1, 0.15) is 0 Å². The lowest BCUT2D eigenvalue weighted by Gasteiger charge is -2.31. The Morgan fingerprint density at radius 1 is 1.35 bits per heavy atom. The van der Waals surface area contributed by atoms with Gasteiger partial charge in [0, 0.05) is 35.3 Å². The van der Waals surface area contributed by atoms with Gasteiger partial charge in [0.2, 0.25) is 0 Å². The first-order valence-electron chi connectivity index (χ1n) is 6.88. The molecule has 2 amide bonds. The van der Waals surface area contributed by atoms with Crippen molar-refractivity contribution in [2.75, 3.05) is 24.2 Å². The fourth-order valence-corrected chi connectivity index (χ4v) is 3.32. The number of urea groups is 1. The van der Waals surface area contributed by atoms with Crippen molar-refractivity contribution < 1.29 is 9.59 Å². The molecule has 20 heavy (non-hydrogen) atoms. The second-order valence-electron chi connectivity index (χ2n) is 4.91. The van der Waals surface area contributed by atoms with E-state index in [1.54, 1.807) is 24.3 Å². The van der Waals surface area contributed by atoms with Crippen LogP contribution in [0, 0.1) is 0 Å². The molecule has 1 unspecified atom stereocenters. The van der Waals surface area contributed by atoms with E-state index >= 15 is 0 Å². The van der Waals surface area contributed by atoms with Crippen molar-refractivity contribution >= 4 is 29.3 Å². The minimum atomic E-state index is -0.0562. The fraction of sp³-hybridized carbons (Fsp3) is 0.467. The Hall–Kier alpha value is -1.49. The molecule has 2 rings (SSSR count). The van der Waals surface area contributed by atoms with Gasteiger partial charge in [0.25, 0.3) is 0 Å². The van der Waals surface area contributed by atoms with Crippen LogP contribution in [0.4, 0.5) is 10.5 Å². The molecule has 0 radical (unpaired) electrons. The molecular weight excluding hydrogens is 272 g/mol. The molecule has 1 saturated heterocycles. The van der Waals surface area contributed by atoms with E-state index in [0.717, 1.165) is 31.0 Å². The van der Waals surface area contributed by atoms with Crippen LogP contribution in [-0.4, -0.2) is 40.8 Å². The molecule has 1 aromatic carbocycles. The van der Waals surface area contributed by atoms with E-state index in [9.17, 15) is 9.59 Å². The Morgan fingerprint density at radius 2 is 2.05 bits per heavy atom. The predicted molar refractivity (Wildman–Crippen MR) is 83.6 cm³/mol. The van der Waals surface area contributed by atoms with Gasteiger partial charge < -0.3 is 10.2 Å². The highest BCUT2D eigenvalue weighted by molar-refractivity contribution is 8.00. The average molecular weight is 292 g/mol. The lowest BCUT2D eigenvalue weighted by atomic mass is 10.1. The van der Waals surface area contributed by atoms with Crippen LogP contribution in [0.25, 0.3) is 0 Å². The van der Waals surface area contributed by atoms with Crippen molar-refractivity contribution in [2.24, 2.45) is 0 Å². The van der Waals surface area contributed by atoms with Crippen molar-refractivity contribution in [2.45, 2.75) is 25.5 Å². The molecular formula is C15H20N2O2S. The van der Waals surface area contributed by atoms with Crippen molar-refractivity contribution in [1.82, 2.24) is 4.90 Å². The van der Waals surface area contributed by atoms with E-state index in [-0.39, 0.29) is 11.8 Å². The SMILES string of the molecule is CCC1CN(C(=O)Nc2ccc(C(C)=O)cc2)CCS1. The molecule has 1 aliphatic heterocycles. The summed E-state index contributed by atoms with van der Waals surface area (Å²) in [5.41, 5.74) is 1.38. The van der Waals surface area contributed by atoms with Crippen molar-refractivity contribution in [3.8, 4) is 0 Å². The van der Waals surface area contributed by atoms with Gasteiger partial charge in [-0.1, -0.05) is 6.92 Å². The zero-order valence-corrected chi connectivity index (χ0v) is 12.7. The van der Waals surface area contributed by atoms with Crippen molar-refractivity contribution in [3.05, 3.63) is 29.8 Å². The first-order chi connectivity index (χ1) is 9.60. The molecule has 4 nitrogen and oxygen atoms in total. The Kier molecular flexibility index (Phi) is 5.06. The Labute approximate surface area is 123 Å². The number of nitrogens with zero attached hydrogens (tertiary/aromatic N) is 1. The lowest BCUT2D eigenvalue weighted by molar-refractivity contribution is 0.101. The molecule has 0 aliphatic carbocycles. The number of thioether (sulfide) groups is 1. The van der Waals surface area contributed by atoms with Gasteiger partial charge in [-0.3, -0.25) is 4.79 Å². The number of hydrogen-bond donors (Lipinski definition) is 1. The third-order valence-electron chi connectivity index (χ3n) is 3.42. The second kappa shape index (κ2) is 6.79. The first-order valence-corrected chi connectivity index (χ1v) is 7.93. The van der Waals surface area contributed by atoms with Crippen molar-refractivity contribution in [1.29, 1.82) is 0 Å². The topological polar surface area (TPSA) is 49.4 Å². The molecule has 5 heteroatoms. The number of nitrogens with one attached hydrogen (secondary N) is 1. The number of hydrogen-bond acceptors (Lipinski definition) is 3. The van der Waals surface area contributed by atoms with E-state index in [2.05, 4.69) is 12.2 Å². The Bertz CT molecular complexity index is 487. The number of anilines is 1. The summed E-state index contributed by atoms with van der Waals surface area (Å²) >= 11 is 1.94. The average Bonchev–Trinajstić information content (AvgIpc) is 2.47. The third kappa shape index (κ3) is 3.76. The van der Waals surface area contributed by atoms with Crippen LogP contribution in [0.1, 0.15) is 30.6 Å². The normalized spacial score (nSPS) is 18.7. The number of carbonyl (C=O) groups is 2. The number of benzene rings is 1. The molecule has 108 valence electrons. The highest BCUT2D eigenvalue weighted by atomic mass is 32.2. The molecule has 1 heterocycles. The van der Waals surface area contributed by atoms with Crippen LogP contribution in [0.3, 0.4) is 0 Å². The monoisotopic (exact) mass is 292 g/mol. The summed E-state index contributed by atoms with van der Waals surface area (Å²) in [4.78, 5) is 25.2. The van der Waals surface area contributed by atoms with Gasteiger partial charge >= 0.3 is 6.03 Å². The summed E-state index contributed by atoms with van der Waals surface area (Å²) in [5.74, 6) is 1.02. The number of Topliss-reactive ketones (excluding diaryl/α,β-unsaturated/α-hetero) is 1. The highest BCUT2D eigenvalue weighted by Crippen LogP contribution is 2.21. The standard InChI is InChI=1S/C15H20N2O2S/c1-3-14-10-17(8-9-20-14)15(19)16-13-6-4-12(5-7-13)11(2)18/h4-7,14H,3,8-10H2,1-2H3,(H,16,19). The minimum absolute atomic E-state index is 0.0294. The maximum Gasteiger partial charge on any atom is 0.321 e. The quantitative estimate of drug-likeness (QED) is 0.870. The summed E-state index contributed by atoms with van der Waals surface area (Å²) < 4.78 is 0. The Morgan fingerprint density at radius 3 is 2.65 bits per heavy atom. The minimum Gasteiger partial charge on any atom is -0.323 e. The van der Waals surface area contributed by atoms with Crippen LogP contribution in [0.5, 0.6) is 0 Å². The van der Waals surface area contributed by atoms with Crippen molar-refractivity contribution in [3.63, 3.8) is 0 Å². The fourth-order valence-electron chi connectivity index (χ4n) is 2.14. The first kappa shape index (κ1) is 14.9. The summed E-state index contributed by atoms with van der Waals surface area (Å²) in [7, 11) is 0. The van der Waals surface area contributed by atoms with E-state index in [4.69, 9.17) is 0 Å². The van der Waals surface area contributed by atoms with Crippen LogP contribution in [0.2, 0.25) is 0 Å². The lowest BCUT2D eigenvalue weighted by Crippen LogP contribution is -2.43. The van der Waals surface area contributed by atoms with Crippen LogP contribution in [-0.2, 0) is 0 Å².